The standard InChI is InChI=1S/C8H7INS2/c9-7(5-11)6-12-8-1-3-10-4-2-8/h1-4,7H,6H2. The van der Waals surface area contributed by atoms with Gasteiger partial charge in [-0.1, -0.05) is 34.8 Å². The van der Waals surface area contributed by atoms with Gasteiger partial charge in [-0.15, -0.1) is 11.8 Å². The number of aromatic nitrogens is 1. The van der Waals surface area contributed by atoms with Crippen LogP contribution >= 0.6 is 46.6 Å². The van der Waals surface area contributed by atoms with Crippen molar-refractivity contribution in [3.05, 3.63) is 24.5 Å². The molecule has 0 amide bonds. The van der Waals surface area contributed by atoms with Crippen LogP contribution in [0.2, 0.25) is 0 Å². The first-order valence-electron chi connectivity index (χ1n) is 3.37. The van der Waals surface area contributed by atoms with Crippen molar-refractivity contribution in [2.75, 3.05) is 5.75 Å². The third-order valence-electron chi connectivity index (χ3n) is 1.17. The number of thiocarbonyl (C=S) groups is 1. The molecule has 1 heterocycles. The fourth-order valence-corrected chi connectivity index (χ4v) is 2.10. The summed E-state index contributed by atoms with van der Waals surface area (Å²) in [6.45, 7) is 0. The van der Waals surface area contributed by atoms with Crippen molar-refractivity contribution in [2.24, 2.45) is 0 Å². The quantitative estimate of drug-likeness (QED) is 0.367. The highest BCUT2D eigenvalue weighted by Gasteiger charge is 2.00. The van der Waals surface area contributed by atoms with Crippen LogP contribution in [0.3, 0.4) is 0 Å². The molecule has 0 fully saturated rings. The molecule has 0 bridgehead atoms. The Morgan fingerprint density at radius 1 is 1.58 bits per heavy atom. The number of hydrogen-bond acceptors (Lipinski definition) is 3. The van der Waals surface area contributed by atoms with Gasteiger partial charge in [-0.05, 0) is 12.1 Å². The number of thioether (sulfide) groups is 1. The Balaban J connectivity index is 2.38. The van der Waals surface area contributed by atoms with Gasteiger partial charge in [0.25, 0.3) is 0 Å². The smallest absolute Gasteiger partial charge is 0.0567 e. The summed E-state index contributed by atoms with van der Waals surface area (Å²) < 4.78 is 0.343. The van der Waals surface area contributed by atoms with Crippen LogP contribution < -0.4 is 0 Å². The third-order valence-corrected chi connectivity index (χ3v) is 4.34. The molecule has 12 heavy (non-hydrogen) atoms. The van der Waals surface area contributed by atoms with Gasteiger partial charge in [-0.2, -0.15) is 0 Å². The zero-order chi connectivity index (χ0) is 8.81. The Hall–Kier alpha value is 0.320. The lowest BCUT2D eigenvalue weighted by Crippen LogP contribution is -1.99. The second kappa shape index (κ2) is 5.88. The van der Waals surface area contributed by atoms with Gasteiger partial charge in [0.1, 0.15) is 0 Å². The first-order chi connectivity index (χ1) is 5.83. The molecular formula is C8H7INS2. The van der Waals surface area contributed by atoms with Crippen LogP contribution in [0.25, 0.3) is 0 Å². The molecule has 1 nitrogen and oxygen atoms in total. The van der Waals surface area contributed by atoms with Crippen LogP contribution in [-0.2, 0) is 0 Å². The van der Waals surface area contributed by atoms with Gasteiger partial charge in [-0.3, -0.25) is 4.98 Å². The molecule has 0 spiro atoms. The van der Waals surface area contributed by atoms with E-state index in [1.54, 1.807) is 24.2 Å². The SMILES string of the molecule is S=[C]C(I)CSc1ccncc1. The number of halogens is 1. The second-order valence-corrected chi connectivity index (χ2v) is 4.91. The van der Waals surface area contributed by atoms with Crippen molar-refractivity contribution in [3.63, 3.8) is 0 Å². The van der Waals surface area contributed by atoms with Gasteiger partial charge < -0.3 is 0 Å². The first kappa shape index (κ1) is 10.4. The lowest BCUT2D eigenvalue weighted by atomic mass is 10.5. The van der Waals surface area contributed by atoms with E-state index in [-0.39, 0.29) is 0 Å². The highest BCUT2D eigenvalue weighted by atomic mass is 127. The number of nitrogens with zero attached hydrogens (tertiary/aromatic N) is 1. The molecule has 0 saturated carbocycles. The average molecular weight is 308 g/mol. The average Bonchev–Trinajstić information content (AvgIpc) is 2.16. The molecule has 1 aromatic heterocycles. The maximum absolute atomic E-state index is 4.71. The minimum atomic E-state index is 0.343. The van der Waals surface area contributed by atoms with Crippen molar-refractivity contribution in [1.29, 1.82) is 0 Å². The van der Waals surface area contributed by atoms with Crippen molar-refractivity contribution in [2.45, 2.75) is 8.82 Å². The summed E-state index contributed by atoms with van der Waals surface area (Å²) in [4.78, 5) is 5.17. The summed E-state index contributed by atoms with van der Waals surface area (Å²) in [6.07, 6.45) is 3.59. The maximum Gasteiger partial charge on any atom is 0.0567 e. The van der Waals surface area contributed by atoms with Gasteiger partial charge in [0.2, 0.25) is 0 Å². The molecule has 0 saturated heterocycles. The van der Waals surface area contributed by atoms with Crippen LogP contribution in [0, 0.1) is 0 Å². The normalized spacial score (nSPS) is 12.4. The number of alkyl halides is 1. The lowest BCUT2D eigenvalue weighted by molar-refractivity contribution is 1.26. The van der Waals surface area contributed by atoms with Gasteiger partial charge in [0, 0.05) is 28.4 Å². The minimum Gasteiger partial charge on any atom is -0.265 e. The number of hydrogen-bond donors (Lipinski definition) is 0. The fourth-order valence-electron chi connectivity index (χ4n) is 0.638. The van der Waals surface area contributed by atoms with Crippen molar-refractivity contribution < 1.29 is 0 Å². The summed E-state index contributed by atoms with van der Waals surface area (Å²) in [5, 5.41) is 2.77. The van der Waals surface area contributed by atoms with E-state index in [1.807, 2.05) is 12.1 Å². The summed E-state index contributed by atoms with van der Waals surface area (Å²) in [7, 11) is 0. The van der Waals surface area contributed by atoms with Crippen LogP contribution in [0.4, 0.5) is 0 Å². The molecule has 0 aliphatic heterocycles. The predicted octanol–water partition coefficient (Wildman–Crippen LogP) is 2.85. The molecule has 0 aliphatic carbocycles. The van der Waals surface area contributed by atoms with Gasteiger partial charge >= 0.3 is 0 Å². The number of rotatable bonds is 4. The molecule has 0 aromatic carbocycles. The molecule has 63 valence electrons. The van der Waals surface area contributed by atoms with E-state index in [9.17, 15) is 0 Å². The summed E-state index contributed by atoms with van der Waals surface area (Å²) in [6, 6.07) is 3.99. The van der Waals surface area contributed by atoms with E-state index >= 15 is 0 Å². The molecular weight excluding hydrogens is 301 g/mol. The van der Waals surface area contributed by atoms with Crippen LogP contribution in [0.1, 0.15) is 0 Å². The first-order valence-corrected chi connectivity index (χ1v) is 6.01. The van der Waals surface area contributed by atoms with Gasteiger partial charge in [-0.25, -0.2) is 0 Å². The Kier molecular flexibility index (Phi) is 5.10. The molecule has 1 rings (SSSR count). The van der Waals surface area contributed by atoms with Gasteiger partial charge in [0.05, 0.1) is 3.92 Å². The zero-order valence-electron chi connectivity index (χ0n) is 6.24. The Labute approximate surface area is 95.5 Å². The molecule has 4 heteroatoms. The molecule has 0 aliphatic rings. The van der Waals surface area contributed by atoms with E-state index in [2.05, 4.69) is 32.9 Å². The fraction of sp³-hybridized carbons (Fsp3) is 0.250. The Morgan fingerprint density at radius 2 is 2.25 bits per heavy atom. The molecule has 1 unspecified atom stereocenters. The maximum atomic E-state index is 4.71. The molecule has 1 radical (unpaired) electrons. The molecule has 1 atom stereocenters. The summed E-state index contributed by atoms with van der Waals surface area (Å²) >= 11 is 8.76. The minimum absolute atomic E-state index is 0.343. The van der Waals surface area contributed by atoms with Gasteiger partial charge in [0.15, 0.2) is 0 Å². The zero-order valence-corrected chi connectivity index (χ0v) is 10.0. The third kappa shape index (κ3) is 3.82. The predicted molar refractivity (Wildman–Crippen MR) is 65.4 cm³/mol. The van der Waals surface area contributed by atoms with Crippen LogP contribution in [-0.4, -0.2) is 20.0 Å². The van der Waals surface area contributed by atoms with Crippen LogP contribution in [0.5, 0.6) is 0 Å². The highest BCUT2D eigenvalue weighted by molar-refractivity contribution is 14.1. The van der Waals surface area contributed by atoms with E-state index in [0.29, 0.717) is 3.92 Å². The van der Waals surface area contributed by atoms with Crippen LogP contribution in [0.15, 0.2) is 29.4 Å². The largest absolute Gasteiger partial charge is 0.265 e. The van der Waals surface area contributed by atoms with E-state index in [4.69, 9.17) is 12.2 Å². The highest BCUT2D eigenvalue weighted by Crippen LogP contribution is 2.19. The number of pyridine rings is 1. The topological polar surface area (TPSA) is 12.9 Å². The lowest BCUT2D eigenvalue weighted by Gasteiger charge is -2.01. The summed E-state index contributed by atoms with van der Waals surface area (Å²) in [5.74, 6) is 0.980. The van der Waals surface area contributed by atoms with Crippen molar-refractivity contribution >= 4 is 51.9 Å². The second-order valence-electron chi connectivity index (χ2n) is 2.08. The van der Waals surface area contributed by atoms with E-state index < -0.39 is 0 Å². The monoisotopic (exact) mass is 308 g/mol. The molecule has 0 N–H and O–H groups in total. The van der Waals surface area contributed by atoms with Crippen molar-refractivity contribution in [3.8, 4) is 0 Å². The molecule has 1 aromatic rings. The van der Waals surface area contributed by atoms with E-state index in [1.165, 1.54) is 4.90 Å². The Morgan fingerprint density at radius 3 is 2.83 bits per heavy atom. The Bertz CT molecular complexity index is 240. The van der Waals surface area contributed by atoms with E-state index in [0.717, 1.165) is 5.75 Å². The summed E-state index contributed by atoms with van der Waals surface area (Å²) in [5.41, 5.74) is 0. The van der Waals surface area contributed by atoms with Crippen molar-refractivity contribution in [1.82, 2.24) is 4.98 Å².